The molecule has 0 bridgehead atoms. The summed E-state index contributed by atoms with van der Waals surface area (Å²) in [5.41, 5.74) is 1.84. The summed E-state index contributed by atoms with van der Waals surface area (Å²) in [6.45, 7) is 3.96. The summed E-state index contributed by atoms with van der Waals surface area (Å²) in [6, 6.07) is 10.1. The highest BCUT2D eigenvalue weighted by Gasteiger charge is 2.24. The SMILES string of the molecule is C[C@@H]1CC[C@@H](CCC(=O)NC2CCN(c3ccc(C#N)cc3)CC2)O1. The van der Waals surface area contributed by atoms with Crippen molar-refractivity contribution in [1.29, 1.82) is 5.26 Å². The Hall–Kier alpha value is -2.06. The number of nitriles is 1. The standard InChI is InChI=1S/C20H27N3O2/c1-15-2-7-19(25-15)8-9-20(24)22-17-10-12-23(13-11-17)18-5-3-16(14-21)4-6-18/h3-6,15,17,19H,2,7-13H2,1H3,(H,22,24)/t15-,19+/m1/s1. The van der Waals surface area contributed by atoms with E-state index < -0.39 is 0 Å². The number of hydrogen-bond donors (Lipinski definition) is 1. The zero-order valence-corrected chi connectivity index (χ0v) is 14.9. The van der Waals surface area contributed by atoms with E-state index in [9.17, 15) is 4.79 Å². The molecule has 5 nitrogen and oxygen atoms in total. The lowest BCUT2D eigenvalue weighted by Gasteiger charge is -2.34. The van der Waals surface area contributed by atoms with Crippen molar-refractivity contribution >= 4 is 11.6 Å². The molecule has 25 heavy (non-hydrogen) atoms. The van der Waals surface area contributed by atoms with Crippen molar-refractivity contribution in [3.05, 3.63) is 29.8 Å². The Morgan fingerprint density at radius 1 is 1.24 bits per heavy atom. The van der Waals surface area contributed by atoms with Crippen LogP contribution in [0.25, 0.3) is 0 Å². The lowest BCUT2D eigenvalue weighted by molar-refractivity contribution is -0.122. The molecule has 0 unspecified atom stereocenters. The van der Waals surface area contributed by atoms with E-state index in [1.165, 1.54) is 0 Å². The predicted molar refractivity (Wildman–Crippen MR) is 97.3 cm³/mol. The molecule has 2 aliphatic rings. The van der Waals surface area contributed by atoms with Gasteiger partial charge in [0, 0.05) is 31.2 Å². The summed E-state index contributed by atoms with van der Waals surface area (Å²) in [5, 5.41) is 12.1. The van der Waals surface area contributed by atoms with Crippen LogP contribution in [0.15, 0.2) is 24.3 Å². The molecule has 2 fully saturated rings. The molecular weight excluding hydrogens is 314 g/mol. The summed E-state index contributed by atoms with van der Waals surface area (Å²) in [6.07, 6.45) is 6.12. The number of amides is 1. The number of anilines is 1. The second kappa shape index (κ2) is 8.35. The maximum Gasteiger partial charge on any atom is 0.220 e. The number of ether oxygens (including phenoxy) is 1. The van der Waals surface area contributed by atoms with Gasteiger partial charge in [0.05, 0.1) is 23.8 Å². The van der Waals surface area contributed by atoms with Crippen LogP contribution in [0.3, 0.4) is 0 Å². The number of piperidine rings is 1. The molecule has 0 saturated carbocycles. The Morgan fingerprint density at radius 3 is 2.56 bits per heavy atom. The maximum atomic E-state index is 12.2. The first-order valence-corrected chi connectivity index (χ1v) is 9.34. The Labute approximate surface area is 150 Å². The van der Waals surface area contributed by atoms with Gasteiger partial charge in [0.15, 0.2) is 0 Å². The number of rotatable bonds is 5. The Balaban J connectivity index is 1.38. The van der Waals surface area contributed by atoms with Gasteiger partial charge in [-0.3, -0.25) is 4.79 Å². The monoisotopic (exact) mass is 341 g/mol. The number of carbonyl (C=O) groups excluding carboxylic acids is 1. The summed E-state index contributed by atoms with van der Waals surface area (Å²) in [7, 11) is 0. The fourth-order valence-corrected chi connectivity index (χ4v) is 3.72. The van der Waals surface area contributed by atoms with Gasteiger partial charge in [-0.2, -0.15) is 5.26 Å². The molecule has 2 saturated heterocycles. The molecule has 1 N–H and O–H groups in total. The Bertz CT molecular complexity index is 615. The van der Waals surface area contributed by atoms with Crippen LogP contribution in [-0.4, -0.2) is 37.2 Å². The molecule has 0 spiro atoms. The van der Waals surface area contributed by atoms with Crippen molar-refractivity contribution in [3.63, 3.8) is 0 Å². The molecule has 0 radical (unpaired) electrons. The van der Waals surface area contributed by atoms with Gasteiger partial charge in [-0.15, -0.1) is 0 Å². The van der Waals surface area contributed by atoms with Crippen molar-refractivity contribution in [2.45, 2.75) is 63.7 Å². The zero-order chi connectivity index (χ0) is 17.6. The van der Waals surface area contributed by atoms with Gasteiger partial charge in [-0.05, 0) is 63.3 Å². The van der Waals surface area contributed by atoms with Crippen molar-refractivity contribution < 1.29 is 9.53 Å². The predicted octanol–water partition coefficient (Wildman–Crippen LogP) is 2.99. The van der Waals surface area contributed by atoms with Gasteiger partial charge in [0.2, 0.25) is 5.91 Å². The summed E-state index contributed by atoms with van der Waals surface area (Å²) in [5.74, 6) is 0.153. The van der Waals surface area contributed by atoms with Gasteiger partial charge in [-0.1, -0.05) is 0 Å². The largest absolute Gasteiger partial charge is 0.375 e. The molecular formula is C20H27N3O2. The van der Waals surface area contributed by atoms with Crippen LogP contribution in [0, 0.1) is 11.3 Å². The van der Waals surface area contributed by atoms with Crippen LogP contribution in [0.2, 0.25) is 0 Å². The van der Waals surface area contributed by atoms with Crippen LogP contribution >= 0.6 is 0 Å². The van der Waals surface area contributed by atoms with Gasteiger partial charge >= 0.3 is 0 Å². The van der Waals surface area contributed by atoms with E-state index >= 15 is 0 Å². The van der Waals surface area contributed by atoms with E-state index in [2.05, 4.69) is 23.2 Å². The van der Waals surface area contributed by atoms with Crippen molar-refractivity contribution in [1.82, 2.24) is 5.32 Å². The molecule has 134 valence electrons. The van der Waals surface area contributed by atoms with Gasteiger partial charge in [0.1, 0.15) is 0 Å². The number of nitrogens with zero attached hydrogens (tertiary/aromatic N) is 2. The van der Waals surface area contributed by atoms with E-state index in [1.807, 2.05) is 24.3 Å². The number of carbonyl (C=O) groups is 1. The Kier molecular flexibility index (Phi) is 5.93. The average Bonchev–Trinajstić information content (AvgIpc) is 3.06. The molecule has 1 aromatic carbocycles. The molecule has 1 aromatic rings. The van der Waals surface area contributed by atoms with Gasteiger partial charge in [-0.25, -0.2) is 0 Å². The van der Waals surface area contributed by atoms with E-state index in [0.29, 0.717) is 18.1 Å². The van der Waals surface area contributed by atoms with Crippen LogP contribution in [0.4, 0.5) is 5.69 Å². The highest BCUT2D eigenvalue weighted by atomic mass is 16.5. The van der Waals surface area contributed by atoms with Gasteiger partial charge < -0.3 is 15.0 Å². The molecule has 2 aliphatic heterocycles. The van der Waals surface area contributed by atoms with Gasteiger partial charge in [0.25, 0.3) is 0 Å². The minimum atomic E-state index is 0.153. The average molecular weight is 341 g/mol. The fraction of sp³-hybridized carbons (Fsp3) is 0.600. The number of hydrogen-bond acceptors (Lipinski definition) is 4. The molecule has 0 aromatic heterocycles. The second-order valence-corrected chi connectivity index (χ2v) is 7.17. The molecule has 2 heterocycles. The first-order valence-electron chi connectivity index (χ1n) is 9.34. The summed E-state index contributed by atoms with van der Waals surface area (Å²) < 4.78 is 5.77. The highest BCUT2D eigenvalue weighted by Crippen LogP contribution is 2.23. The van der Waals surface area contributed by atoms with E-state index in [1.54, 1.807) is 0 Å². The molecule has 5 heteroatoms. The van der Waals surface area contributed by atoms with Crippen molar-refractivity contribution in [2.75, 3.05) is 18.0 Å². The third-order valence-electron chi connectivity index (χ3n) is 5.23. The minimum absolute atomic E-state index is 0.153. The van der Waals surface area contributed by atoms with Crippen molar-refractivity contribution in [2.24, 2.45) is 0 Å². The van der Waals surface area contributed by atoms with Crippen LogP contribution in [-0.2, 0) is 9.53 Å². The molecule has 3 rings (SSSR count). The Morgan fingerprint density at radius 2 is 1.96 bits per heavy atom. The topological polar surface area (TPSA) is 65.4 Å². The third kappa shape index (κ3) is 4.96. The first kappa shape index (κ1) is 17.8. The highest BCUT2D eigenvalue weighted by molar-refractivity contribution is 5.76. The zero-order valence-electron chi connectivity index (χ0n) is 14.9. The summed E-state index contributed by atoms with van der Waals surface area (Å²) in [4.78, 5) is 14.5. The van der Waals surface area contributed by atoms with E-state index in [0.717, 1.165) is 50.9 Å². The quantitative estimate of drug-likeness (QED) is 0.894. The lowest BCUT2D eigenvalue weighted by Crippen LogP contribution is -2.44. The van der Waals surface area contributed by atoms with E-state index in [-0.39, 0.29) is 18.1 Å². The summed E-state index contributed by atoms with van der Waals surface area (Å²) >= 11 is 0. The minimum Gasteiger partial charge on any atom is -0.375 e. The lowest BCUT2D eigenvalue weighted by atomic mass is 10.0. The smallest absolute Gasteiger partial charge is 0.220 e. The number of nitrogens with one attached hydrogen (secondary N) is 1. The third-order valence-corrected chi connectivity index (χ3v) is 5.23. The normalized spacial score (nSPS) is 24.1. The molecule has 0 aliphatic carbocycles. The van der Waals surface area contributed by atoms with Crippen LogP contribution in [0.5, 0.6) is 0 Å². The fourth-order valence-electron chi connectivity index (χ4n) is 3.72. The van der Waals surface area contributed by atoms with Crippen LogP contribution < -0.4 is 10.2 Å². The number of benzene rings is 1. The molecule has 2 atom stereocenters. The van der Waals surface area contributed by atoms with Crippen LogP contribution in [0.1, 0.15) is 51.0 Å². The first-order chi connectivity index (χ1) is 12.1. The molecule has 1 amide bonds. The maximum absolute atomic E-state index is 12.2. The van der Waals surface area contributed by atoms with Crippen molar-refractivity contribution in [3.8, 4) is 6.07 Å². The second-order valence-electron chi connectivity index (χ2n) is 7.17. The van der Waals surface area contributed by atoms with E-state index in [4.69, 9.17) is 10.00 Å².